The van der Waals surface area contributed by atoms with Crippen LogP contribution < -0.4 is 0 Å². The molecule has 18 heavy (non-hydrogen) atoms. The number of likely N-dealkylation sites (N-methyl/N-ethyl adjacent to an activating group) is 1. The van der Waals surface area contributed by atoms with Crippen molar-refractivity contribution >= 4 is 5.91 Å². The highest BCUT2D eigenvalue weighted by molar-refractivity contribution is 5.83. The lowest BCUT2D eigenvalue weighted by molar-refractivity contribution is -0.135. The quantitative estimate of drug-likeness (QED) is 0.870. The van der Waals surface area contributed by atoms with Crippen LogP contribution in [0, 0.1) is 0 Å². The van der Waals surface area contributed by atoms with Crippen molar-refractivity contribution in [2.75, 3.05) is 13.1 Å². The van der Waals surface area contributed by atoms with Crippen molar-refractivity contribution in [1.82, 2.24) is 4.90 Å². The molecule has 0 heterocycles. The van der Waals surface area contributed by atoms with Gasteiger partial charge in [0.1, 0.15) is 0 Å². The van der Waals surface area contributed by atoms with Crippen LogP contribution in [0.2, 0.25) is 0 Å². The van der Waals surface area contributed by atoms with Gasteiger partial charge in [0, 0.05) is 13.1 Å². The van der Waals surface area contributed by atoms with Crippen molar-refractivity contribution < 1.29 is 9.90 Å². The molecule has 1 aromatic rings. The van der Waals surface area contributed by atoms with Gasteiger partial charge in [0.25, 0.3) is 0 Å². The number of hydrogen-bond acceptors (Lipinski definition) is 2. The van der Waals surface area contributed by atoms with Crippen LogP contribution in [0.1, 0.15) is 39.2 Å². The van der Waals surface area contributed by atoms with Gasteiger partial charge in [-0.3, -0.25) is 4.79 Å². The second-order valence-electron chi connectivity index (χ2n) is 5.30. The van der Waals surface area contributed by atoms with E-state index in [0.717, 1.165) is 5.56 Å². The van der Waals surface area contributed by atoms with Crippen molar-refractivity contribution in [1.29, 1.82) is 0 Å². The first kappa shape index (κ1) is 14.7. The van der Waals surface area contributed by atoms with Crippen LogP contribution >= 0.6 is 0 Å². The largest absolute Gasteiger partial charge is 0.389 e. The fraction of sp³-hybridized carbons (Fsp3) is 0.533. The van der Waals surface area contributed by atoms with E-state index in [1.165, 1.54) is 0 Å². The summed E-state index contributed by atoms with van der Waals surface area (Å²) in [6.45, 7) is 8.25. The third-order valence-electron chi connectivity index (χ3n) is 2.94. The van der Waals surface area contributed by atoms with E-state index in [1.54, 1.807) is 18.7 Å². The summed E-state index contributed by atoms with van der Waals surface area (Å²) in [4.78, 5) is 14.1. The second-order valence-corrected chi connectivity index (χ2v) is 5.30. The molecule has 1 N–H and O–H groups in total. The summed E-state index contributed by atoms with van der Waals surface area (Å²) in [7, 11) is 0. The number of nitrogens with zero attached hydrogens (tertiary/aromatic N) is 1. The Hall–Kier alpha value is -1.35. The highest BCUT2D eigenvalue weighted by Crippen LogP contribution is 2.18. The molecule has 3 nitrogen and oxygen atoms in total. The third-order valence-corrected chi connectivity index (χ3v) is 2.94. The first-order chi connectivity index (χ1) is 8.35. The molecule has 0 saturated carbocycles. The molecule has 0 fully saturated rings. The third kappa shape index (κ3) is 4.15. The van der Waals surface area contributed by atoms with Crippen molar-refractivity contribution in [3.8, 4) is 0 Å². The lowest BCUT2D eigenvalue weighted by Crippen LogP contribution is -2.43. The topological polar surface area (TPSA) is 40.5 Å². The molecule has 0 radical (unpaired) electrons. The molecule has 1 amide bonds. The standard InChI is InChI=1S/C15H23NO2/c1-5-16(11-15(3,4)18)14(17)12(2)13-9-7-6-8-10-13/h6-10,12,18H,5,11H2,1-4H3. The Bertz CT molecular complexity index is 381. The minimum Gasteiger partial charge on any atom is -0.389 e. The normalized spacial score (nSPS) is 13.2. The molecule has 1 aromatic carbocycles. The van der Waals surface area contributed by atoms with E-state index in [0.29, 0.717) is 13.1 Å². The summed E-state index contributed by atoms with van der Waals surface area (Å²) in [5.41, 5.74) is 0.152. The van der Waals surface area contributed by atoms with Gasteiger partial charge < -0.3 is 10.0 Å². The molecule has 0 aromatic heterocycles. The summed E-state index contributed by atoms with van der Waals surface area (Å²) in [6, 6.07) is 9.73. The van der Waals surface area contributed by atoms with Gasteiger partial charge >= 0.3 is 0 Å². The van der Waals surface area contributed by atoms with Crippen molar-refractivity contribution in [3.05, 3.63) is 35.9 Å². The molecule has 0 aliphatic carbocycles. The van der Waals surface area contributed by atoms with E-state index in [-0.39, 0.29) is 11.8 Å². The van der Waals surface area contributed by atoms with Gasteiger partial charge in [0.15, 0.2) is 0 Å². The Balaban J connectivity index is 2.79. The number of hydrogen-bond donors (Lipinski definition) is 1. The van der Waals surface area contributed by atoms with E-state index in [4.69, 9.17) is 0 Å². The van der Waals surface area contributed by atoms with Gasteiger partial charge in [-0.25, -0.2) is 0 Å². The highest BCUT2D eigenvalue weighted by Gasteiger charge is 2.25. The van der Waals surface area contributed by atoms with Crippen molar-refractivity contribution in [3.63, 3.8) is 0 Å². The highest BCUT2D eigenvalue weighted by atomic mass is 16.3. The molecular weight excluding hydrogens is 226 g/mol. The van der Waals surface area contributed by atoms with E-state index in [1.807, 2.05) is 44.2 Å². The second kappa shape index (κ2) is 6.01. The lowest BCUT2D eigenvalue weighted by Gasteiger charge is -2.30. The van der Waals surface area contributed by atoms with Crippen molar-refractivity contribution in [2.45, 2.75) is 39.2 Å². The minimum absolute atomic E-state index is 0.0609. The molecule has 0 spiro atoms. The van der Waals surface area contributed by atoms with Crippen LogP contribution in [-0.2, 0) is 4.79 Å². The molecular formula is C15H23NO2. The number of carbonyl (C=O) groups is 1. The molecule has 0 bridgehead atoms. The van der Waals surface area contributed by atoms with Gasteiger partial charge in [0.2, 0.25) is 5.91 Å². The molecule has 0 aliphatic rings. The number of carbonyl (C=O) groups excluding carboxylic acids is 1. The summed E-state index contributed by atoms with van der Waals surface area (Å²) in [6.07, 6.45) is 0. The van der Waals surface area contributed by atoms with Crippen LogP contribution in [0.3, 0.4) is 0 Å². The fourth-order valence-corrected chi connectivity index (χ4v) is 1.97. The molecule has 1 unspecified atom stereocenters. The van der Waals surface area contributed by atoms with Gasteiger partial charge in [-0.1, -0.05) is 30.3 Å². The van der Waals surface area contributed by atoms with Crippen molar-refractivity contribution in [2.24, 2.45) is 0 Å². The average Bonchev–Trinajstić information content (AvgIpc) is 2.34. The molecule has 1 rings (SSSR count). The fourth-order valence-electron chi connectivity index (χ4n) is 1.97. The molecule has 3 heteroatoms. The summed E-state index contributed by atoms with van der Waals surface area (Å²) >= 11 is 0. The molecule has 0 aliphatic heterocycles. The minimum atomic E-state index is -0.859. The average molecular weight is 249 g/mol. The van der Waals surface area contributed by atoms with E-state index in [9.17, 15) is 9.90 Å². The first-order valence-corrected chi connectivity index (χ1v) is 6.41. The number of rotatable bonds is 5. The van der Waals surface area contributed by atoms with Gasteiger partial charge in [-0.2, -0.15) is 0 Å². The van der Waals surface area contributed by atoms with E-state index in [2.05, 4.69) is 0 Å². The maximum Gasteiger partial charge on any atom is 0.229 e. The summed E-state index contributed by atoms with van der Waals surface area (Å²) in [5.74, 6) is -0.112. The summed E-state index contributed by atoms with van der Waals surface area (Å²) < 4.78 is 0. The number of amides is 1. The zero-order chi connectivity index (χ0) is 13.8. The molecule has 100 valence electrons. The predicted octanol–water partition coefficient (Wildman–Crippen LogP) is 2.41. The van der Waals surface area contributed by atoms with E-state index >= 15 is 0 Å². The van der Waals surface area contributed by atoms with Crippen LogP contribution in [0.4, 0.5) is 0 Å². The SMILES string of the molecule is CCN(CC(C)(C)O)C(=O)C(C)c1ccccc1. The zero-order valence-corrected chi connectivity index (χ0v) is 11.7. The Kier molecular flexibility index (Phi) is 4.91. The summed E-state index contributed by atoms with van der Waals surface area (Å²) in [5, 5.41) is 9.83. The Labute approximate surface area is 109 Å². The van der Waals surface area contributed by atoms with Gasteiger partial charge in [-0.05, 0) is 33.3 Å². The first-order valence-electron chi connectivity index (χ1n) is 6.41. The van der Waals surface area contributed by atoms with Crippen LogP contribution in [-0.4, -0.2) is 34.6 Å². The monoisotopic (exact) mass is 249 g/mol. The predicted molar refractivity (Wildman–Crippen MR) is 73.4 cm³/mol. The zero-order valence-electron chi connectivity index (χ0n) is 11.7. The van der Waals surface area contributed by atoms with Crippen LogP contribution in [0.5, 0.6) is 0 Å². The Morgan fingerprint density at radius 2 is 1.89 bits per heavy atom. The van der Waals surface area contributed by atoms with Crippen LogP contribution in [0.25, 0.3) is 0 Å². The molecule has 0 saturated heterocycles. The smallest absolute Gasteiger partial charge is 0.229 e. The molecule has 1 atom stereocenters. The van der Waals surface area contributed by atoms with E-state index < -0.39 is 5.60 Å². The maximum absolute atomic E-state index is 12.4. The van der Waals surface area contributed by atoms with Gasteiger partial charge in [-0.15, -0.1) is 0 Å². The Morgan fingerprint density at radius 3 is 2.33 bits per heavy atom. The number of aliphatic hydroxyl groups is 1. The maximum atomic E-state index is 12.4. The van der Waals surface area contributed by atoms with Gasteiger partial charge in [0.05, 0.1) is 11.5 Å². The lowest BCUT2D eigenvalue weighted by atomic mass is 9.99. The van der Waals surface area contributed by atoms with Crippen LogP contribution in [0.15, 0.2) is 30.3 Å². The number of benzene rings is 1. The Morgan fingerprint density at radius 1 is 1.33 bits per heavy atom.